The van der Waals surface area contributed by atoms with Crippen LogP contribution in [0.1, 0.15) is 30.5 Å². The summed E-state index contributed by atoms with van der Waals surface area (Å²) in [7, 11) is 0. The van der Waals surface area contributed by atoms with Crippen molar-refractivity contribution in [3.63, 3.8) is 0 Å². The zero-order chi connectivity index (χ0) is 15.0. The Kier molecular flexibility index (Phi) is 4.05. The molecule has 2 unspecified atom stereocenters. The summed E-state index contributed by atoms with van der Waals surface area (Å²) in [6.07, 6.45) is 2.38. The van der Waals surface area contributed by atoms with Crippen LogP contribution in [-0.4, -0.2) is 38.6 Å². The summed E-state index contributed by atoms with van der Waals surface area (Å²) in [6.45, 7) is 6.77. The summed E-state index contributed by atoms with van der Waals surface area (Å²) in [5, 5.41) is 5.34. The molecule has 2 atom stereocenters. The minimum absolute atomic E-state index is 0.105. The minimum atomic E-state index is -0.105. The van der Waals surface area contributed by atoms with Gasteiger partial charge in [0.1, 0.15) is 5.01 Å². The number of rotatable bonds is 3. The van der Waals surface area contributed by atoms with Crippen LogP contribution in [0.5, 0.6) is 0 Å². The molecular weight excluding hydrogens is 286 g/mol. The Morgan fingerprint density at radius 3 is 3.14 bits per heavy atom. The predicted octanol–water partition coefficient (Wildman–Crippen LogP) is 1.02. The molecule has 2 aromatic heterocycles. The Hall–Kier alpha value is -1.31. The van der Waals surface area contributed by atoms with Gasteiger partial charge in [0.15, 0.2) is 0 Å². The molecule has 0 aromatic carbocycles. The maximum atomic E-state index is 11.9. The van der Waals surface area contributed by atoms with Gasteiger partial charge < -0.3 is 5.73 Å². The van der Waals surface area contributed by atoms with Gasteiger partial charge in [0.25, 0.3) is 5.56 Å². The zero-order valence-electron chi connectivity index (χ0n) is 12.5. The van der Waals surface area contributed by atoms with E-state index in [2.05, 4.69) is 21.9 Å². The average molecular weight is 307 g/mol. The Morgan fingerprint density at radius 2 is 2.38 bits per heavy atom. The summed E-state index contributed by atoms with van der Waals surface area (Å²) in [6, 6.07) is 1.75. The molecule has 2 N–H and O–H groups in total. The van der Waals surface area contributed by atoms with Crippen LogP contribution < -0.4 is 11.3 Å². The number of piperidine rings is 1. The van der Waals surface area contributed by atoms with E-state index in [-0.39, 0.29) is 11.6 Å². The maximum Gasteiger partial charge on any atom is 0.275 e. The number of fused-ring (bicyclic) bond motifs is 1. The van der Waals surface area contributed by atoms with Crippen LogP contribution in [0.25, 0.3) is 4.96 Å². The highest BCUT2D eigenvalue weighted by molar-refractivity contribution is 7.16. The van der Waals surface area contributed by atoms with Gasteiger partial charge in [0, 0.05) is 24.3 Å². The fraction of sp³-hybridized carbons (Fsp3) is 0.643. The standard InChI is InChI=1S/C14H21N5OS/c1-9-6-13(20)19-14(16-9)21-12(17-19)8-18-5-3-4-11(7-18)10(2)15/h6,10-11H,3-5,7-8,15H2,1-2H3. The van der Waals surface area contributed by atoms with Gasteiger partial charge in [-0.1, -0.05) is 11.3 Å². The molecule has 1 fully saturated rings. The molecule has 0 radical (unpaired) electrons. The van der Waals surface area contributed by atoms with E-state index in [1.54, 1.807) is 0 Å². The van der Waals surface area contributed by atoms with Gasteiger partial charge in [-0.25, -0.2) is 4.98 Å². The van der Waals surface area contributed by atoms with Gasteiger partial charge in [-0.2, -0.15) is 9.61 Å². The van der Waals surface area contributed by atoms with Crippen LogP contribution in [0, 0.1) is 12.8 Å². The molecule has 1 saturated heterocycles. The lowest BCUT2D eigenvalue weighted by Crippen LogP contribution is -2.41. The summed E-state index contributed by atoms with van der Waals surface area (Å²) >= 11 is 1.50. The van der Waals surface area contributed by atoms with Crippen LogP contribution in [0.2, 0.25) is 0 Å². The molecule has 3 rings (SSSR count). The summed E-state index contributed by atoms with van der Waals surface area (Å²) in [5.41, 5.74) is 6.66. The molecule has 0 bridgehead atoms. The second-order valence-corrected chi connectivity index (χ2v) is 6.96. The second-order valence-electron chi connectivity index (χ2n) is 5.92. The van der Waals surface area contributed by atoms with Gasteiger partial charge >= 0.3 is 0 Å². The van der Waals surface area contributed by atoms with E-state index >= 15 is 0 Å². The molecule has 1 aliphatic rings. The Balaban J connectivity index is 1.79. The third-order valence-electron chi connectivity index (χ3n) is 4.06. The first-order valence-electron chi connectivity index (χ1n) is 7.37. The van der Waals surface area contributed by atoms with Crippen molar-refractivity contribution in [2.24, 2.45) is 11.7 Å². The van der Waals surface area contributed by atoms with Crippen LogP contribution in [0.3, 0.4) is 0 Å². The largest absolute Gasteiger partial charge is 0.328 e. The van der Waals surface area contributed by atoms with E-state index in [0.717, 1.165) is 30.3 Å². The predicted molar refractivity (Wildman–Crippen MR) is 83.5 cm³/mol. The number of hydrogen-bond donors (Lipinski definition) is 1. The number of hydrogen-bond acceptors (Lipinski definition) is 6. The molecule has 0 spiro atoms. The molecule has 114 valence electrons. The molecule has 0 aliphatic carbocycles. The first-order valence-corrected chi connectivity index (χ1v) is 8.19. The average Bonchev–Trinajstić information content (AvgIpc) is 2.81. The molecular formula is C14H21N5OS. The normalized spacial score (nSPS) is 21.8. The van der Waals surface area contributed by atoms with Crippen molar-refractivity contribution >= 4 is 16.3 Å². The molecule has 6 nitrogen and oxygen atoms in total. The Morgan fingerprint density at radius 1 is 1.57 bits per heavy atom. The van der Waals surface area contributed by atoms with Crippen molar-refractivity contribution in [3.8, 4) is 0 Å². The lowest BCUT2D eigenvalue weighted by Gasteiger charge is -2.33. The molecule has 7 heteroatoms. The number of likely N-dealkylation sites (tertiary alicyclic amines) is 1. The van der Waals surface area contributed by atoms with Gasteiger partial charge in [-0.15, -0.1) is 0 Å². The summed E-state index contributed by atoms with van der Waals surface area (Å²) in [5.74, 6) is 0.552. The molecule has 0 amide bonds. The lowest BCUT2D eigenvalue weighted by molar-refractivity contribution is 0.154. The van der Waals surface area contributed by atoms with E-state index in [9.17, 15) is 4.79 Å². The fourth-order valence-corrected chi connectivity index (χ4v) is 3.87. The summed E-state index contributed by atoms with van der Waals surface area (Å²) in [4.78, 5) is 19.3. The van der Waals surface area contributed by atoms with Gasteiger partial charge in [-0.05, 0) is 39.2 Å². The van der Waals surface area contributed by atoms with Crippen LogP contribution in [0.4, 0.5) is 0 Å². The van der Waals surface area contributed by atoms with Crippen molar-refractivity contribution in [2.75, 3.05) is 13.1 Å². The second kappa shape index (κ2) is 5.82. The summed E-state index contributed by atoms with van der Waals surface area (Å²) < 4.78 is 1.40. The van der Waals surface area contributed by atoms with Crippen molar-refractivity contribution < 1.29 is 0 Å². The smallest absolute Gasteiger partial charge is 0.275 e. The SMILES string of the molecule is Cc1cc(=O)n2nc(CN3CCCC(C(C)N)C3)sc2n1. The third-order valence-corrected chi connectivity index (χ3v) is 4.95. The molecule has 1 aliphatic heterocycles. The number of aryl methyl sites for hydroxylation is 1. The van der Waals surface area contributed by atoms with Gasteiger partial charge in [0.05, 0.1) is 6.54 Å². The Labute approximate surface area is 127 Å². The highest BCUT2D eigenvalue weighted by atomic mass is 32.1. The van der Waals surface area contributed by atoms with Crippen molar-refractivity contribution in [1.29, 1.82) is 0 Å². The highest BCUT2D eigenvalue weighted by Gasteiger charge is 2.23. The van der Waals surface area contributed by atoms with Crippen LogP contribution in [-0.2, 0) is 6.54 Å². The first-order chi connectivity index (χ1) is 10.0. The van der Waals surface area contributed by atoms with Gasteiger partial charge in [0.2, 0.25) is 4.96 Å². The van der Waals surface area contributed by atoms with Crippen molar-refractivity contribution in [1.82, 2.24) is 19.5 Å². The van der Waals surface area contributed by atoms with E-state index in [1.807, 2.05) is 6.92 Å². The molecule has 0 saturated carbocycles. The monoisotopic (exact) mass is 307 g/mol. The lowest BCUT2D eigenvalue weighted by atomic mass is 9.92. The molecule has 2 aromatic rings. The van der Waals surface area contributed by atoms with Crippen LogP contribution in [0.15, 0.2) is 10.9 Å². The van der Waals surface area contributed by atoms with E-state index in [4.69, 9.17) is 5.73 Å². The van der Waals surface area contributed by atoms with E-state index < -0.39 is 0 Å². The fourth-order valence-electron chi connectivity index (χ4n) is 2.88. The number of nitrogens with zero attached hydrogens (tertiary/aromatic N) is 4. The van der Waals surface area contributed by atoms with E-state index in [0.29, 0.717) is 10.9 Å². The quantitative estimate of drug-likeness (QED) is 0.916. The minimum Gasteiger partial charge on any atom is -0.328 e. The van der Waals surface area contributed by atoms with E-state index in [1.165, 1.54) is 34.8 Å². The third kappa shape index (κ3) is 3.14. The van der Waals surface area contributed by atoms with Crippen molar-refractivity contribution in [3.05, 3.63) is 27.1 Å². The highest BCUT2D eigenvalue weighted by Crippen LogP contribution is 2.21. The maximum absolute atomic E-state index is 11.9. The number of aromatic nitrogens is 3. The van der Waals surface area contributed by atoms with Crippen molar-refractivity contribution in [2.45, 2.75) is 39.3 Å². The Bertz CT molecular complexity index is 692. The number of nitrogens with two attached hydrogens (primary N) is 1. The molecule has 3 heterocycles. The topological polar surface area (TPSA) is 76.5 Å². The van der Waals surface area contributed by atoms with Crippen LogP contribution >= 0.6 is 11.3 Å². The van der Waals surface area contributed by atoms with Gasteiger partial charge in [-0.3, -0.25) is 9.69 Å². The molecule has 21 heavy (non-hydrogen) atoms. The first kappa shape index (κ1) is 14.6. The zero-order valence-corrected chi connectivity index (χ0v) is 13.3.